The number of nitrogens with one attached hydrogen (secondary N) is 2. The predicted molar refractivity (Wildman–Crippen MR) is 124 cm³/mol. The van der Waals surface area contributed by atoms with Gasteiger partial charge in [0.15, 0.2) is 0 Å². The van der Waals surface area contributed by atoms with E-state index in [9.17, 15) is 14.7 Å². The molecule has 1 aromatic heterocycles. The van der Waals surface area contributed by atoms with Crippen LogP contribution >= 0.6 is 0 Å². The van der Waals surface area contributed by atoms with Gasteiger partial charge in [0.1, 0.15) is 16.8 Å². The number of fused-ring (bicyclic) bond motifs is 1. The second-order valence-corrected chi connectivity index (χ2v) is 9.09. The lowest BCUT2D eigenvalue weighted by atomic mass is 9.94. The molecule has 2 aliphatic rings. The van der Waals surface area contributed by atoms with Crippen LogP contribution in [0.15, 0.2) is 12.1 Å². The number of aromatic amines is 1. The normalized spacial score (nSPS) is 20.5. The molecule has 4 rings (SSSR count). The Bertz CT molecular complexity index is 1010. The number of benzene rings is 1. The summed E-state index contributed by atoms with van der Waals surface area (Å²) >= 11 is 0. The molecule has 2 aliphatic heterocycles. The zero-order valence-corrected chi connectivity index (χ0v) is 19.1. The number of nitrogens with zero attached hydrogens (tertiary/aromatic N) is 3. The van der Waals surface area contributed by atoms with Crippen LogP contribution in [0.3, 0.4) is 0 Å². The number of amides is 3. The van der Waals surface area contributed by atoms with Gasteiger partial charge in [-0.05, 0) is 44.7 Å². The number of methoxy groups -OCH3 is 1. The van der Waals surface area contributed by atoms with Crippen molar-refractivity contribution in [3.8, 4) is 5.75 Å². The number of H-pyrrole nitrogens is 1. The molecule has 180 valence electrons. The first kappa shape index (κ1) is 23.0. The first-order valence-corrected chi connectivity index (χ1v) is 11.3. The Morgan fingerprint density at radius 1 is 1.33 bits per heavy atom. The van der Waals surface area contributed by atoms with Crippen LogP contribution in [-0.4, -0.2) is 77.6 Å². The molecule has 1 unspecified atom stereocenters. The van der Waals surface area contributed by atoms with E-state index in [1.807, 2.05) is 12.1 Å². The summed E-state index contributed by atoms with van der Waals surface area (Å²) < 4.78 is 10.5. The second kappa shape index (κ2) is 9.34. The molecule has 3 amide bonds. The summed E-state index contributed by atoms with van der Waals surface area (Å²) in [6, 6.07) is 3.57. The SMILES string of the molecule is COc1ccc(N2CCCC(COC(N)=O)C2)c2nc(NC(=O)N3CCC(C)(O)CC3)[nH]c12. The molecule has 5 N–H and O–H groups in total. The highest BCUT2D eigenvalue weighted by Crippen LogP contribution is 2.35. The molecule has 11 nitrogen and oxygen atoms in total. The van der Waals surface area contributed by atoms with Crippen LogP contribution in [0.4, 0.5) is 21.2 Å². The number of hydrogen-bond donors (Lipinski definition) is 4. The highest BCUT2D eigenvalue weighted by Gasteiger charge is 2.30. The van der Waals surface area contributed by atoms with E-state index in [1.54, 1.807) is 18.9 Å². The van der Waals surface area contributed by atoms with Gasteiger partial charge in [0.2, 0.25) is 5.95 Å². The summed E-state index contributed by atoms with van der Waals surface area (Å²) in [5, 5.41) is 13.0. The molecule has 3 heterocycles. The quantitative estimate of drug-likeness (QED) is 0.535. The lowest BCUT2D eigenvalue weighted by Gasteiger charge is -2.35. The fraction of sp³-hybridized carbons (Fsp3) is 0.591. The summed E-state index contributed by atoms with van der Waals surface area (Å²) in [6.45, 7) is 4.59. The smallest absolute Gasteiger partial charge is 0.404 e. The maximum Gasteiger partial charge on any atom is 0.404 e. The summed E-state index contributed by atoms with van der Waals surface area (Å²) in [5.41, 5.74) is 6.70. The first-order valence-electron chi connectivity index (χ1n) is 11.3. The first-order chi connectivity index (χ1) is 15.8. The van der Waals surface area contributed by atoms with Gasteiger partial charge in [-0.2, -0.15) is 0 Å². The van der Waals surface area contributed by atoms with Crippen LogP contribution in [0.1, 0.15) is 32.6 Å². The molecule has 2 aromatic rings. The van der Waals surface area contributed by atoms with Crippen molar-refractivity contribution in [2.45, 2.75) is 38.2 Å². The average molecular weight is 461 g/mol. The monoisotopic (exact) mass is 460 g/mol. The topological polar surface area (TPSA) is 146 Å². The largest absolute Gasteiger partial charge is 0.494 e. The van der Waals surface area contributed by atoms with E-state index < -0.39 is 11.7 Å². The number of rotatable bonds is 5. The van der Waals surface area contributed by atoms with Gasteiger partial charge >= 0.3 is 12.1 Å². The van der Waals surface area contributed by atoms with Crippen LogP contribution in [0.2, 0.25) is 0 Å². The van der Waals surface area contributed by atoms with Gasteiger partial charge in [-0.15, -0.1) is 0 Å². The molecule has 0 saturated carbocycles. The molecule has 1 atom stereocenters. The molecule has 2 fully saturated rings. The number of urea groups is 1. The van der Waals surface area contributed by atoms with Crippen molar-refractivity contribution >= 4 is 34.8 Å². The van der Waals surface area contributed by atoms with Gasteiger partial charge < -0.3 is 35.1 Å². The third-order valence-electron chi connectivity index (χ3n) is 6.48. The number of aliphatic hydroxyl groups is 1. The lowest BCUT2D eigenvalue weighted by Crippen LogP contribution is -2.46. The van der Waals surface area contributed by atoms with Gasteiger partial charge in [-0.3, -0.25) is 5.32 Å². The van der Waals surface area contributed by atoms with Crippen molar-refractivity contribution in [3.63, 3.8) is 0 Å². The number of aromatic nitrogens is 2. The molecule has 33 heavy (non-hydrogen) atoms. The van der Waals surface area contributed by atoms with E-state index in [4.69, 9.17) is 15.2 Å². The number of carbonyl (C=O) groups excluding carboxylic acids is 2. The summed E-state index contributed by atoms with van der Waals surface area (Å²) in [6.07, 6.45) is 2.21. The van der Waals surface area contributed by atoms with E-state index in [2.05, 4.69) is 20.2 Å². The van der Waals surface area contributed by atoms with E-state index in [1.165, 1.54) is 0 Å². The van der Waals surface area contributed by atoms with Crippen molar-refractivity contribution in [2.75, 3.05) is 50.1 Å². The Morgan fingerprint density at radius 3 is 2.79 bits per heavy atom. The van der Waals surface area contributed by atoms with Gasteiger partial charge in [0.25, 0.3) is 0 Å². The molecular formula is C22H32N6O5. The van der Waals surface area contributed by atoms with Crippen molar-refractivity contribution in [2.24, 2.45) is 11.7 Å². The van der Waals surface area contributed by atoms with Crippen LogP contribution in [0.5, 0.6) is 5.75 Å². The number of primary amides is 1. The van der Waals surface area contributed by atoms with E-state index in [0.717, 1.165) is 25.1 Å². The number of likely N-dealkylation sites (tertiary alicyclic amines) is 1. The van der Waals surface area contributed by atoms with Crippen molar-refractivity contribution in [3.05, 3.63) is 12.1 Å². The second-order valence-electron chi connectivity index (χ2n) is 9.09. The third kappa shape index (κ3) is 5.24. The fourth-order valence-corrected chi connectivity index (χ4v) is 4.53. The minimum Gasteiger partial charge on any atom is -0.494 e. The number of hydrogen-bond acceptors (Lipinski definition) is 7. The Kier molecular flexibility index (Phi) is 6.50. The number of nitrogens with two attached hydrogens (primary N) is 1. The number of carbonyl (C=O) groups is 2. The molecule has 2 saturated heterocycles. The zero-order chi connectivity index (χ0) is 23.6. The van der Waals surface area contributed by atoms with E-state index in [0.29, 0.717) is 55.2 Å². The van der Waals surface area contributed by atoms with Gasteiger partial charge in [-0.25, -0.2) is 14.6 Å². The number of anilines is 2. The van der Waals surface area contributed by atoms with E-state index >= 15 is 0 Å². The Morgan fingerprint density at radius 2 is 2.09 bits per heavy atom. The Labute approximate surface area is 192 Å². The maximum absolute atomic E-state index is 12.7. The Hall–Kier alpha value is -3.21. The summed E-state index contributed by atoms with van der Waals surface area (Å²) in [7, 11) is 1.59. The zero-order valence-electron chi connectivity index (χ0n) is 19.1. The summed E-state index contributed by atoms with van der Waals surface area (Å²) in [4.78, 5) is 35.5. The minimum atomic E-state index is -0.760. The minimum absolute atomic E-state index is 0.179. The number of imidazole rings is 1. The Balaban J connectivity index is 1.53. The molecule has 0 radical (unpaired) electrons. The molecule has 11 heteroatoms. The van der Waals surface area contributed by atoms with Crippen LogP contribution in [0.25, 0.3) is 11.0 Å². The van der Waals surface area contributed by atoms with Crippen LogP contribution < -0.4 is 20.7 Å². The number of piperidine rings is 2. The number of ether oxygens (including phenoxy) is 2. The molecule has 0 bridgehead atoms. The highest BCUT2D eigenvalue weighted by atomic mass is 16.5. The van der Waals surface area contributed by atoms with Gasteiger partial charge in [0.05, 0.1) is 25.0 Å². The highest BCUT2D eigenvalue weighted by molar-refractivity contribution is 5.97. The molecule has 0 aliphatic carbocycles. The molecule has 1 aromatic carbocycles. The fourth-order valence-electron chi connectivity index (χ4n) is 4.53. The average Bonchev–Trinajstić information content (AvgIpc) is 3.20. The maximum atomic E-state index is 12.7. The lowest BCUT2D eigenvalue weighted by molar-refractivity contribution is 0.00569. The van der Waals surface area contributed by atoms with Gasteiger partial charge in [0, 0.05) is 32.1 Å². The van der Waals surface area contributed by atoms with Crippen LogP contribution in [-0.2, 0) is 4.74 Å². The molecule has 0 spiro atoms. The van der Waals surface area contributed by atoms with Crippen LogP contribution in [0, 0.1) is 5.92 Å². The molecular weight excluding hydrogens is 428 g/mol. The van der Waals surface area contributed by atoms with Crippen molar-refractivity contribution in [1.29, 1.82) is 0 Å². The third-order valence-corrected chi connectivity index (χ3v) is 6.48. The van der Waals surface area contributed by atoms with Crippen molar-refractivity contribution in [1.82, 2.24) is 14.9 Å². The van der Waals surface area contributed by atoms with Gasteiger partial charge in [-0.1, -0.05) is 0 Å². The summed E-state index contributed by atoms with van der Waals surface area (Å²) in [5.74, 6) is 1.14. The predicted octanol–water partition coefficient (Wildman–Crippen LogP) is 2.26. The van der Waals surface area contributed by atoms with E-state index in [-0.39, 0.29) is 18.6 Å². The van der Waals surface area contributed by atoms with Crippen molar-refractivity contribution < 1.29 is 24.2 Å². The standard InChI is InChI=1S/C22H32N6O5/c1-22(31)7-10-27(11-8-22)21(30)26-20-24-17-15(5-6-16(32-2)18(17)25-20)28-9-3-4-14(12-28)13-33-19(23)29/h5-6,14,31H,3-4,7-13H2,1-2H3,(H2,23,29)(H2,24,25,26,30).